The summed E-state index contributed by atoms with van der Waals surface area (Å²) < 4.78 is 7.35. The van der Waals surface area contributed by atoms with E-state index in [9.17, 15) is 0 Å². The highest BCUT2D eigenvalue weighted by Gasteiger charge is 2.01. The summed E-state index contributed by atoms with van der Waals surface area (Å²) in [6.45, 7) is 2.99. The molecule has 0 aliphatic rings. The molecule has 0 aliphatic carbocycles. The van der Waals surface area contributed by atoms with Gasteiger partial charge in [-0.1, -0.05) is 18.5 Å². The Morgan fingerprint density at radius 3 is 2.94 bits per heavy atom. The van der Waals surface area contributed by atoms with E-state index in [1.807, 2.05) is 10.9 Å². The Hall–Kier alpha value is -1.55. The Bertz CT molecular complexity index is 453. The van der Waals surface area contributed by atoms with Gasteiger partial charge in [-0.25, -0.2) is 4.98 Å². The Labute approximate surface area is 98.8 Å². The number of hydrogen-bond acceptors (Lipinski definition) is 3. The summed E-state index contributed by atoms with van der Waals surface area (Å²) in [4.78, 5) is 4.04. The van der Waals surface area contributed by atoms with Crippen LogP contribution in [0.15, 0.2) is 30.7 Å². The molecule has 0 N–H and O–H groups in total. The van der Waals surface area contributed by atoms with E-state index < -0.39 is 0 Å². The van der Waals surface area contributed by atoms with Gasteiger partial charge in [0.1, 0.15) is 0 Å². The molecule has 84 valence electrons. The van der Waals surface area contributed by atoms with E-state index in [0.29, 0.717) is 16.7 Å². The summed E-state index contributed by atoms with van der Waals surface area (Å²) in [5, 5.41) is 4.75. The number of aromatic nitrogens is 3. The van der Waals surface area contributed by atoms with E-state index in [1.165, 1.54) is 0 Å². The molecule has 0 unspecified atom stereocenters. The summed E-state index contributed by atoms with van der Waals surface area (Å²) in [5.74, 6) is 1.20. The second kappa shape index (κ2) is 4.99. The molecule has 5 heteroatoms. The average Bonchev–Trinajstić information content (AvgIpc) is 2.70. The third-order valence-corrected chi connectivity index (χ3v) is 2.21. The normalized spacial score (nSPS) is 10.4. The van der Waals surface area contributed by atoms with Gasteiger partial charge in [-0.2, -0.15) is 5.10 Å². The number of ether oxygens (including phenoxy) is 1. The predicted molar refractivity (Wildman–Crippen MR) is 61.8 cm³/mol. The fraction of sp³-hybridized carbons (Fsp3) is 0.273. The molecule has 0 saturated heterocycles. The zero-order chi connectivity index (χ0) is 11.4. The van der Waals surface area contributed by atoms with E-state index in [0.717, 1.165) is 13.0 Å². The highest BCUT2D eigenvalue weighted by Crippen LogP contribution is 2.19. The number of pyridine rings is 1. The van der Waals surface area contributed by atoms with Crippen molar-refractivity contribution in [1.29, 1.82) is 0 Å². The molecule has 2 heterocycles. The van der Waals surface area contributed by atoms with Crippen LogP contribution in [0.5, 0.6) is 11.6 Å². The lowest BCUT2D eigenvalue weighted by molar-refractivity contribution is 0.461. The van der Waals surface area contributed by atoms with Crippen molar-refractivity contribution in [1.82, 2.24) is 14.8 Å². The quantitative estimate of drug-likeness (QED) is 0.820. The molecule has 0 atom stereocenters. The van der Waals surface area contributed by atoms with Crippen molar-refractivity contribution in [3.8, 4) is 11.6 Å². The summed E-state index contributed by atoms with van der Waals surface area (Å²) >= 11 is 5.73. The average molecular weight is 238 g/mol. The SMILES string of the molecule is CCCn1cc(Oc2ccc(Cl)cn2)cn1. The van der Waals surface area contributed by atoms with Crippen LogP contribution in [0, 0.1) is 0 Å². The second-order valence-electron chi connectivity index (χ2n) is 3.36. The Balaban J connectivity index is 2.05. The highest BCUT2D eigenvalue weighted by molar-refractivity contribution is 6.30. The van der Waals surface area contributed by atoms with Crippen LogP contribution < -0.4 is 4.74 Å². The van der Waals surface area contributed by atoms with Crippen LogP contribution in [0.3, 0.4) is 0 Å². The standard InChI is InChI=1S/C11H12ClN3O/c1-2-5-15-8-10(7-14-15)16-11-4-3-9(12)6-13-11/h3-4,6-8H,2,5H2,1H3. The molecular formula is C11H12ClN3O. The van der Waals surface area contributed by atoms with E-state index in [-0.39, 0.29) is 0 Å². The van der Waals surface area contributed by atoms with Gasteiger partial charge in [-0.3, -0.25) is 4.68 Å². The molecule has 2 aromatic heterocycles. The number of halogens is 1. The number of aryl methyl sites for hydroxylation is 1. The summed E-state index contributed by atoms with van der Waals surface area (Å²) in [5.41, 5.74) is 0. The molecule has 0 bridgehead atoms. The van der Waals surface area contributed by atoms with Gasteiger partial charge >= 0.3 is 0 Å². The molecule has 0 spiro atoms. The zero-order valence-electron chi connectivity index (χ0n) is 8.93. The minimum atomic E-state index is 0.514. The van der Waals surface area contributed by atoms with Crippen molar-refractivity contribution in [3.63, 3.8) is 0 Å². The maximum Gasteiger partial charge on any atom is 0.219 e. The Kier molecular flexibility index (Phi) is 3.41. The fourth-order valence-corrected chi connectivity index (χ4v) is 1.40. The topological polar surface area (TPSA) is 39.9 Å². The monoisotopic (exact) mass is 237 g/mol. The fourth-order valence-electron chi connectivity index (χ4n) is 1.29. The van der Waals surface area contributed by atoms with E-state index in [4.69, 9.17) is 16.3 Å². The molecule has 2 aromatic rings. The summed E-state index contributed by atoms with van der Waals surface area (Å²) in [6, 6.07) is 3.46. The zero-order valence-corrected chi connectivity index (χ0v) is 9.68. The predicted octanol–water partition coefficient (Wildman–Crippen LogP) is 3.13. The van der Waals surface area contributed by atoms with Gasteiger partial charge in [0.2, 0.25) is 5.88 Å². The van der Waals surface area contributed by atoms with Crippen LogP contribution in [0.2, 0.25) is 5.02 Å². The van der Waals surface area contributed by atoms with Crippen LogP contribution >= 0.6 is 11.6 Å². The molecule has 0 amide bonds. The molecule has 0 aliphatic heterocycles. The molecule has 0 radical (unpaired) electrons. The number of rotatable bonds is 4. The first-order chi connectivity index (χ1) is 7.78. The van der Waals surface area contributed by atoms with Gasteiger partial charge in [0.15, 0.2) is 5.75 Å². The summed E-state index contributed by atoms with van der Waals surface area (Å²) in [7, 11) is 0. The molecule has 0 saturated carbocycles. The smallest absolute Gasteiger partial charge is 0.219 e. The number of hydrogen-bond donors (Lipinski definition) is 0. The van der Waals surface area contributed by atoms with Crippen LogP contribution in [0.25, 0.3) is 0 Å². The maximum atomic E-state index is 5.73. The first-order valence-corrected chi connectivity index (χ1v) is 5.47. The van der Waals surface area contributed by atoms with Crippen molar-refractivity contribution >= 4 is 11.6 Å². The van der Waals surface area contributed by atoms with Crippen molar-refractivity contribution < 1.29 is 4.74 Å². The molecule has 16 heavy (non-hydrogen) atoms. The molecular weight excluding hydrogens is 226 g/mol. The van der Waals surface area contributed by atoms with Crippen molar-refractivity contribution in [2.45, 2.75) is 19.9 Å². The third-order valence-electron chi connectivity index (χ3n) is 1.98. The van der Waals surface area contributed by atoms with Gasteiger partial charge in [-0.15, -0.1) is 0 Å². The van der Waals surface area contributed by atoms with Crippen LogP contribution in [-0.2, 0) is 6.54 Å². The van der Waals surface area contributed by atoms with Crippen LogP contribution in [-0.4, -0.2) is 14.8 Å². The first kappa shape index (κ1) is 11.0. The maximum absolute atomic E-state index is 5.73. The minimum absolute atomic E-state index is 0.514. The van der Waals surface area contributed by atoms with Gasteiger partial charge in [-0.05, 0) is 12.5 Å². The van der Waals surface area contributed by atoms with Crippen molar-refractivity contribution in [2.24, 2.45) is 0 Å². The van der Waals surface area contributed by atoms with E-state index >= 15 is 0 Å². The lowest BCUT2D eigenvalue weighted by atomic mass is 10.5. The highest BCUT2D eigenvalue weighted by atomic mass is 35.5. The Morgan fingerprint density at radius 1 is 1.38 bits per heavy atom. The molecule has 0 aromatic carbocycles. The third kappa shape index (κ3) is 2.73. The minimum Gasteiger partial charge on any atom is -0.436 e. The van der Waals surface area contributed by atoms with E-state index in [1.54, 1.807) is 24.5 Å². The van der Waals surface area contributed by atoms with Gasteiger partial charge in [0.25, 0.3) is 0 Å². The lowest BCUT2D eigenvalue weighted by Crippen LogP contribution is -1.95. The van der Waals surface area contributed by atoms with Crippen LogP contribution in [0.4, 0.5) is 0 Å². The second-order valence-corrected chi connectivity index (χ2v) is 3.79. The van der Waals surface area contributed by atoms with Crippen molar-refractivity contribution in [2.75, 3.05) is 0 Å². The number of nitrogens with zero attached hydrogens (tertiary/aromatic N) is 3. The molecule has 2 rings (SSSR count). The van der Waals surface area contributed by atoms with Gasteiger partial charge < -0.3 is 4.74 Å². The van der Waals surface area contributed by atoms with E-state index in [2.05, 4.69) is 17.0 Å². The lowest BCUT2D eigenvalue weighted by Gasteiger charge is -2.00. The molecule has 4 nitrogen and oxygen atoms in total. The van der Waals surface area contributed by atoms with Crippen LogP contribution in [0.1, 0.15) is 13.3 Å². The molecule has 0 fully saturated rings. The Morgan fingerprint density at radius 2 is 2.25 bits per heavy atom. The largest absolute Gasteiger partial charge is 0.436 e. The summed E-state index contributed by atoms with van der Waals surface area (Å²) in [6.07, 6.45) is 6.11. The van der Waals surface area contributed by atoms with Crippen molar-refractivity contribution in [3.05, 3.63) is 35.7 Å². The van der Waals surface area contributed by atoms with Gasteiger partial charge in [0.05, 0.1) is 17.4 Å². The van der Waals surface area contributed by atoms with Gasteiger partial charge in [0, 0.05) is 18.8 Å². The first-order valence-electron chi connectivity index (χ1n) is 5.10.